The minimum absolute atomic E-state index is 0.00848. The molecule has 4 nitrogen and oxygen atoms in total. The van der Waals surface area contributed by atoms with Crippen LogP contribution in [0, 0.1) is 5.41 Å². The van der Waals surface area contributed by atoms with Gasteiger partial charge in [0.2, 0.25) is 5.91 Å². The number of thiazole rings is 1. The maximum absolute atomic E-state index is 12.0. The van der Waals surface area contributed by atoms with Gasteiger partial charge in [-0.05, 0) is 31.4 Å². The van der Waals surface area contributed by atoms with Gasteiger partial charge in [-0.3, -0.25) is 4.79 Å². The highest BCUT2D eigenvalue weighted by atomic mass is 32.1. The van der Waals surface area contributed by atoms with Gasteiger partial charge in [-0.25, -0.2) is 4.98 Å². The molecule has 0 spiro atoms. The lowest BCUT2D eigenvalue weighted by molar-refractivity contribution is -0.117. The van der Waals surface area contributed by atoms with E-state index < -0.39 is 0 Å². The van der Waals surface area contributed by atoms with Gasteiger partial charge in [0.25, 0.3) is 0 Å². The number of rotatable bonds is 6. The van der Waals surface area contributed by atoms with Crippen LogP contribution < -0.4 is 10.2 Å². The van der Waals surface area contributed by atoms with Crippen LogP contribution in [0.4, 0.5) is 10.8 Å². The minimum atomic E-state index is -0.00848. The summed E-state index contributed by atoms with van der Waals surface area (Å²) in [6.07, 6.45) is 0.508. The molecule has 0 saturated carbocycles. The van der Waals surface area contributed by atoms with Crippen molar-refractivity contribution in [2.75, 3.05) is 23.3 Å². The average Bonchev–Trinajstić information content (AvgIpc) is 2.97. The van der Waals surface area contributed by atoms with E-state index in [9.17, 15) is 4.79 Å². The van der Waals surface area contributed by atoms with E-state index in [-0.39, 0.29) is 11.3 Å². The lowest BCUT2D eigenvalue weighted by Crippen LogP contribution is -2.21. The molecule has 1 aromatic carbocycles. The highest BCUT2D eigenvalue weighted by Gasteiger charge is 2.16. The fourth-order valence-electron chi connectivity index (χ4n) is 2.45. The SMILES string of the molecule is CCN(CC)c1nc(-c2ccc(NC(=O)CC(C)(C)C)cc2)cs1. The normalized spacial score (nSPS) is 11.4. The van der Waals surface area contributed by atoms with Crippen molar-refractivity contribution < 1.29 is 4.79 Å². The van der Waals surface area contributed by atoms with Crippen LogP contribution in [0.3, 0.4) is 0 Å². The number of amides is 1. The van der Waals surface area contributed by atoms with E-state index in [1.807, 2.05) is 24.3 Å². The number of nitrogens with zero attached hydrogens (tertiary/aromatic N) is 2. The lowest BCUT2D eigenvalue weighted by Gasteiger charge is -2.17. The lowest BCUT2D eigenvalue weighted by atomic mass is 9.92. The fourth-order valence-corrected chi connectivity index (χ4v) is 3.41. The first kappa shape index (κ1) is 18.5. The monoisotopic (exact) mass is 345 g/mol. The van der Waals surface area contributed by atoms with Gasteiger partial charge < -0.3 is 10.2 Å². The van der Waals surface area contributed by atoms with Gasteiger partial charge in [-0.2, -0.15) is 0 Å². The molecule has 0 saturated heterocycles. The van der Waals surface area contributed by atoms with Crippen molar-refractivity contribution >= 4 is 28.1 Å². The van der Waals surface area contributed by atoms with Gasteiger partial charge in [0.15, 0.2) is 5.13 Å². The van der Waals surface area contributed by atoms with Crippen molar-refractivity contribution in [1.82, 2.24) is 4.98 Å². The molecule has 0 radical (unpaired) electrons. The number of carbonyl (C=O) groups excluding carboxylic acids is 1. The summed E-state index contributed by atoms with van der Waals surface area (Å²) in [5.41, 5.74) is 2.87. The fraction of sp³-hybridized carbons (Fsp3) is 0.474. The average molecular weight is 346 g/mol. The van der Waals surface area contributed by atoms with Crippen LogP contribution in [0.5, 0.6) is 0 Å². The summed E-state index contributed by atoms with van der Waals surface area (Å²) in [6.45, 7) is 12.4. The van der Waals surface area contributed by atoms with E-state index in [0.717, 1.165) is 35.2 Å². The molecule has 0 unspecified atom stereocenters. The third-order valence-electron chi connectivity index (χ3n) is 3.68. The van der Waals surface area contributed by atoms with Gasteiger partial charge >= 0.3 is 0 Å². The van der Waals surface area contributed by atoms with Crippen molar-refractivity contribution in [2.24, 2.45) is 5.41 Å². The summed E-state index contributed by atoms with van der Waals surface area (Å²) in [4.78, 5) is 19.0. The Morgan fingerprint density at radius 2 is 1.79 bits per heavy atom. The number of hydrogen-bond acceptors (Lipinski definition) is 4. The molecular formula is C19H27N3OS. The summed E-state index contributed by atoms with van der Waals surface area (Å²) in [5, 5.41) is 6.09. The van der Waals surface area contributed by atoms with Gasteiger partial charge in [-0.15, -0.1) is 11.3 Å². The Kier molecular flexibility index (Phi) is 5.99. The van der Waals surface area contributed by atoms with Gasteiger partial charge in [0.1, 0.15) is 0 Å². The Morgan fingerprint density at radius 1 is 1.17 bits per heavy atom. The van der Waals surface area contributed by atoms with E-state index in [1.54, 1.807) is 11.3 Å². The molecule has 2 aromatic rings. The highest BCUT2D eigenvalue weighted by molar-refractivity contribution is 7.14. The zero-order chi connectivity index (χ0) is 17.7. The summed E-state index contributed by atoms with van der Waals surface area (Å²) in [6, 6.07) is 7.89. The Hall–Kier alpha value is -1.88. The molecule has 0 aliphatic rings. The second-order valence-corrected chi connectivity index (χ2v) is 7.89. The topological polar surface area (TPSA) is 45.2 Å². The Labute approximate surface area is 148 Å². The third kappa shape index (κ3) is 5.06. The number of carbonyl (C=O) groups is 1. The molecule has 24 heavy (non-hydrogen) atoms. The second kappa shape index (κ2) is 7.79. The van der Waals surface area contributed by atoms with Gasteiger partial charge in [0.05, 0.1) is 5.69 Å². The first-order chi connectivity index (χ1) is 11.3. The molecule has 2 rings (SSSR count). The molecule has 1 amide bonds. The number of hydrogen-bond donors (Lipinski definition) is 1. The van der Waals surface area contributed by atoms with E-state index in [1.165, 1.54) is 0 Å². The van der Waals surface area contributed by atoms with Crippen LogP contribution in [0.1, 0.15) is 41.0 Å². The van der Waals surface area contributed by atoms with Crippen molar-refractivity contribution in [2.45, 2.75) is 41.0 Å². The maximum atomic E-state index is 12.0. The zero-order valence-electron chi connectivity index (χ0n) is 15.2. The summed E-state index contributed by atoms with van der Waals surface area (Å²) < 4.78 is 0. The molecule has 1 N–H and O–H groups in total. The molecule has 1 aromatic heterocycles. The molecular weight excluding hydrogens is 318 g/mol. The summed E-state index contributed by atoms with van der Waals surface area (Å²) in [5.74, 6) is 0.0488. The van der Waals surface area contributed by atoms with Crippen LogP contribution in [-0.2, 0) is 4.79 Å². The quantitative estimate of drug-likeness (QED) is 0.798. The number of nitrogens with one attached hydrogen (secondary N) is 1. The Balaban J connectivity index is 2.05. The predicted molar refractivity (Wildman–Crippen MR) is 104 cm³/mol. The molecule has 0 aliphatic carbocycles. The van der Waals surface area contributed by atoms with Crippen molar-refractivity contribution in [1.29, 1.82) is 0 Å². The molecule has 0 fully saturated rings. The van der Waals surface area contributed by atoms with Gasteiger partial charge in [0, 0.05) is 36.1 Å². The van der Waals surface area contributed by atoms with Gasteiger partial charge in [-0.1, -0.05) is 32.9 Å². The van der Waals surface area contributed by atoms with E-state index in [2.05, 4.69) is 50.2 Å². The molecule has 0 atom stereocenters. The van der Waals surface area contributed by atoms with E-state index >= 15 is 0 Å². The van der Waals surface area contributed by atoms with Crippen LogP contribution in [0.2, 0.25) is 0 Å². The summed E-state index contributed by atoms with van der Waals surface area (Å²) in [7, 11) is 0. The van der Waals surface area contributed by atoms with Crippen LogP contribution in [0.25, 0.3) is 11.3 Å². The molecule has 1 heterocycles. The second-order valence-electron chi connectivity index (χ2n) is 7.05. The smallest absolute Gasteiger partial charge is 0.224 e. The minimum Gasteiger partial charge on any atom is -0.349 e. The number of anilines is 2. The number of benzene rings is 1. The van der Waals surface area contributed by atoms with Crippen LogP contribution >= 0.6 is 11.3 Å². The van der Waals surface area contributed by atoms with E-state index in [0.29, 0.717) is 6.42 Å². The Bertz CT molecular complexity index is 667. The summed E-state index contributed by atoms with van der Waals surface area (Å²) >= 11 is 1.67. The highest BCUT2D eigenvalue weighted by Crippen LogP contribution is 2.28. The standard InChI is InChI=1S/C19H27N3OS/c1-6-22(7-2)18-21-16(13-24-18)14-8-10-15(11-9-14)20-17(23)12-19(3,4)5/h8-11,13H,6-7,12H2,1-5H3,(H,20,23). The molecule has 130 valence electrons. The largest absolute Gasteiger partial charge is 0.349 e. The molecule has 0 bridgehead atoms. The van der Waals surface area contributed by atoms with Crippen molar-refractivity contribution in [3.8, 4) is 11.3 Å². The predicted octanol–water partition coefficient (Wildman–Crippen LogP) is 5.03. The Morgan fingerprint density at radius 3 is 2.33 bits per heavy atom. The van der Waals surface area contributed by atoms with Crippen molar-refractivity contribution in [3.05, 3.63) is 29.6 Å². The number of aromatic nitrogens is 1. The molecule has 0 aliphatic heterocycles. The first-order valence-corrected chi connectivity index (χ1v) is 9.31. The maximum Gasteiger partial charge on any atom is 0.224 e. The zero-order valence-corrected chi connectivity index (χ0v) is 16.0. The van der Waals surface area contributed by atoms with Crippen LogP contribution in [0.15, 0.2) is 29.6 Å². The van der Waals surface area contributed by atoms with Crippen LogP contribution in [-0.4, -0.2) is 24.0 Å². The molecule has 5 heteroatoms. The first-order valence-electron chi connectivity index (χ1n) is 8.43. The van der Waals surface area contributed by atoms with Crippen molar-refractivity contribution in [3.63, 3.8) is 0 Å². The third-order valence-corrected chi connectivity index (χ3v) is 4.58. The van der Waals surface area contributed by atoms with E-state index in [4.69, 9.17) is 4.98 Å².